The van der Waals surface area contributed by atoms with Crippen LogP contribution < -0.4 is 5.32 Å². The molecule has 1 heterocycles. The maximum Gasteiger partial charge on any atom is 0.231 e. The van der Waals surface area contributed by atoms with Crippen molar-refractivity contribution in [2.75, 3.05) is 5.32 Å². The van der Waals surface area contributed by atoms with Crippen LogP contribution >= 0.6 is 0 Å². The molecule has 1 amide bonds. The van der Waals surface area contributed by atoms with E-state index in [9.17, 15) is 10.1 Å². The maximum atomic E-state index is 12.6. The lowest BCUT2D eigenvalue weighted by Crippen LogP contribution is -2.14. The van der Waals surface area contributed by atoms with Gasteiger partial charge in [0.15, 0.2) is 0 Å². The van der Waals surface area contributed by atoms with E-state index in [-0.39, 0.29) is 18.2 Å². The zero-order valence-electron chi connectivity index (χ0n) is 15.6. The van der Waals surface area contributed by atoms with Gasteiger partial charge in [0.2, 0.25) is 11.8 Å². The van der Waals surface area contributed by atoms with Gasteiger partial charge in [0, 0.05) is 11.1 Å². The van der Waals surface area contributed by atoms with Gasteiger partial charge in [0.1, 0.15) is 17.4 Å². The number of furan rings is 1. The molecule has 0 saturated heterocycles. The standard InChI is InChI=1S/C25H18N2O2/c26-17-21-23(19-12-6-2-7-13-19)24(20-14-8-3-9-15-20)29-25(21)27-22(28)16-18-10-4-1-5-11-18/h1-15H,16H2,(H,27,28). The highest BCUT2D eigenvalue weighted by Gasteiger charge is 2.24. The Labute approximate surface area is 169 Å². The summed E-state index contributed by atoms with van der Waals surface area (Å²) in [6.07, 6.45) is 0.202. The topological polar surface area (TPSA) is 66.0 Å². The summed E-state index contributed by atoms with van der Waals surface area (Å²) in [5, 5.41) is 12.6. The van der Waals surface area contributed by atoms with Crippen LogP contribution in [0.2, 0.25) is 0 Å². The fraction of sp³-hybridized carbons (Fsp3) is 0.0400. The second kappa shape index (κ2) is 8.28. The number of hydrogen-bond donors (Lipinski definition) is 1. The number of nitrogens with one attached hydrogen (secondary N) is 1. The summed E-state index contributed by atoms with van der Waals surface area (Å²) in [6, 6.07) is 30.8. The molecule has 3 aromatic carbocycles. The predicted molar refractivity (Wildman–Crippen MR) is 113 cm³/mol. The molecule has 4 heteroatoms. The van der Waals surface area contributed by atoms with Gasteiger partial charge in [-0.25, -0.2) is 0 Å². The number of benzene rings is 3. The first-order valence-corrected chi connectivity index (χ1v) is 9.28. The number of amides is 1. The molecule has 0 radical (unpaired) electrons. The van der Waals surface area contributed by atoms with Gasteiger partial charge in [-0.05, 0) is 11.1 Å². The number of carbonyl (C=O) groups is 1. The molecule has 0 aliphatic carbocycles. The molecule has 0 atom stereocenters. The fourth-order valence-corrected chi connectivity index (χ4v) is 3.25. The van der Waals surface area contributed by atoms with Crippen molar-refractivity contribution in [1.29, 1.82) is 5.26 Å². The van der Waals surface area contributed by atoms with Crippen molar-refractivity contribution in [3.8, 4) is 28.5 Å². The van der Waals surface area contributed by atoms with Crippen molar-refractivity contribution in [3.05, 3.63) is 102 Å². The zero-order valence-corrected chi connectivity index (χ0v) is 15.6. The van der Waals surface area contributed by atoms with Crippen LogP contribution in [-0.4, -0.2) is 5.91 Å². The van der Waals surface area contributed by atoms with Gasteiger partial charge in [-0.3, -0.25) is 10.1 Å². The van der Waals surface area contributed by atoms with Crippen LogP contribution in [0.1, 0.15) is 11.1 Å². The highest BCUT2D eigenvalue weighted by molar-refractivity contribution is 5.96. The number of nitriles is 1. The van der Waals surface area contributed by atoms with Crippen LogP contribution in [0.4, 0.5) is 5.88 Å². The number of rotatable bonds is 5. The first-order chi connectivity index (χ1) is 14.3. The van der Waals surface area contributed by atoms with Gasteiger partial charge in [0.05, 0.1) is 6.42 Å². The Morgan fingerprint density at radius 1 is 0.828 bits per heavy atom. The van der Waals surface area contributed by atoms with Gasteiger partial charge in [0.25, 0.3) is 0 Å². The first-order valence-electron chi connectivity index (χ1n) is 9.28. The molecule has 4 aromatic rings. The number of anilines is 1. The van der Waals surface area contributed by atoms with Gasteiger partial charge >= 0.3 is 0 Å². The van der Waals surface area contributed by atoms with Crippen LogP contribution in [0.25, 0.3) is 22.5 Å². The first kappa shape index (κ1) is 18.3. The van der Waals surface area contributed by atoms with Crippen molar-refractivity contribution >= 4 is 11.8 Å². The summed E-state index contributed by atoms with van der Waals surface area (Å²) in [6.45, 7) is 0. The minimum absolute atomic E-state index is 0.172. The van der Waals surface area contributed by atoms with E-state index in [0.717, 1.165) is 16.7 Å². The Kier molecular flexibility index (Phi) is 5.22. The Bertz CT molecular complexity index is 1160. The van der Waals surface area contributed by atoms with Crippen molar-refractivity contribution in [2.24, 2.45) is 0 Å². The summed E-state index contributed by atoms with van der Waals surface area (Å²) in [5.74, 6) is 0.496. The SMILES string of the molecule is N#Cc1c(NC(=O)Cc2ccccc2)oc(-c2ccccc2)c1-c1ccccc1. The van der Waals surface area contributed by atoms with E-state index < -0.39 is 0 Å². The zero-order chi connectivity index (χ0) is 20.1. The Morgan fingerprint density at radius 3 is 1.97 bits per heavy atom. The smallest absolute Gasteiger partial charge is 0.231 e. The third kappa shape index (κ3) is 3.95. The number of hydrogen-bond acceptors (Lipinski definition) is 3. The largest absolute Gasteiger partial charge is 0.438 e. The second-order valence-corrected chi connectivity index (χ2v) is 6.56. The molecule has 29 heavy (non-hydrogen) atoms. The third-order valence-electron chi connectivity index (χ3n) is 4.58. The van der Waals surface area contributed by atoms with Crippen LogP contribution in [0.3, 0.4) is 0 Å². The normalized spacial score (nSPS) is 10.3. The Morgan fingerprint density at radius 2 is 1.38 bits per heavy atom. The summed E-state index contributed by atoms with van der Waals surface area (Å²) in [5.41, 5.74) is 3.58. The van der Waals surface area contributed by atoms with E-state index in [1.165, 1.54) is 0 Å². The number of carbonyl (C=O) groups excluding carboxylic acids is 1. The van der Waals surface area contributed by atoms with Crippen molar-refractivity contribution < 1.29 is 9.21 Å². The quantitative estimate of drug-likeness (QED) is 0.487. The molecular weight excluding hydrogens is 360 g/mol. The number of nitrogens with zero attached hydrogens (tertiary/aromatic N) is 1. The minimum Gasteiger partial charge on any atom is -0.438 e. The molecule has 0 fully saturated rings. The average molecular weight is 378 g/mol. The molecule has 0 aliphatic rings. The second-order valence-electron chi connectivity index (χ2n) is 6.56. The molecule has 4 nitrogen and oxygen atoms in total. The third-order valence-corrected chi connectivity index (χ3v) is 4.58. The Hall–Kier alpha value is -4.10. The lowest BCUT2D eigenvalue weighted by atomic mass is 9.98. The molecule has 0 bridgehead atoms. The van der Waals surface area contributed by atoms with Gasteiger partial charge < -0.3 is 4.42 Å². The highest BCUT2D eigenvalue weighted by Crippen LogP contribution is 2.41. The predicted octanol–water partition coefficient (Wildman–Crippen LogP) is 5.67. The van der Waals surface area contributed by atoms with Gasteiger partial charge in [-0.2, -0.15) is 5.26 Å². The monoisotopic (exact) mass is 378 g/mol. The lowest BCUT2D eigenvalue weighted by molar-refractivity contribution is -0.115. The van der Waals surface area contributed by atoms with Crippen LogP contribution in [0.5, 0.6) is 0 Å². The molecule has 0 aliphatic heterocycles. The van der Waals surface area contributed by atoms with E-state index in [4.69, 9.17) is 4.42 Å². The lowest BCUT2D eigenvalue weighted by Gasteiger charge is -2.03. The van der Waals surface area contributed by atoms with Crippen molar-refractivity contribution in [1.82, 2.24) is 0 Å². The van der Waals surface area contributed by atoms with E-state index in [1.54, 1.807) is 0 Å². The molecular formula is C25H18N2O2. The highest BCUT2D eigenvalue weighted by atomic mass is 16.4. The van der Waals surface area contributed by atoms with E-state index in [1.807, 2.05) is 91.0 Å². The molecule has 0 spiro atoms. The minimum atomic E-state index is -0.235. The molecule has 0 saturated carbocycles. The van der Waals surface area contributed by atoms with E-state index in [0.29, 0.717) is 16.9 Å². The average Bonchev–Trinajstić information content (AvgIpc) is 3.13. The van der Waals surface area contributed by atoms with Crippen LogP contribution in [0, 0.1) is 11.3 Å². The fourth-order valence-electron chi connectivity index (χ4n) is 3.25. The summed E-state index contributed by atoms with van der Waals surface area (Å²) >= 11 is 0. The molecule has 1 N–H and O–H groups in total. The summed E-state index contributed by atoms with van der Waals surface area (Å²) in [4.78, 5) is 12.6. The molecule has 4 rings (SSSR count). The summed E-state index contributed by atoms with van der Waals surface area (Å²) < 4.78 is 6.03. The van der Waals surface area contributed by atoms with Crippen molar-refractivity contribution in [3.63, 3.8) is 0 Å². The molecule has 1 aromatic heterocycles. The summed E-state index contributed by atoms with van der Waals surface area (Å²) in [7, 11) is 0. The van der Waals surface area contributed by atoms with E-state index >= 15 is 0 Å². The molecule has 0 unspecified atom stereocenters. The van der Waals surface area contributed by atoms with Gasteiger partial charge in [-0.15, -0.1) is 0 Å². The van der Waals surface area contributed by atoms with Gasteiger partial charge in [-0.1, -0.05) is 91.0 Å². The maximum absolute atomic E-state index is 12.6. The van der Waals surface area contributed by atoms with Crippen LogP contribution in [0.15, 0.2) is 95.4 Å². The Balaban J connectivity index is 1.76. The van der Waals surface area contributed by atoms with Crippen LogP contribution in [-0.2, 0) is 11.2 Å². The molecule has 140 valence electrons. The van der Waals surface area contributed by atoms with E-state index in [2.05, 4.69) is 11.4 Å². The van der Waals surface area contributed by atoms with Crippen molar-refractivity contribution in [2.45, 2.75) is 6.42 Å².